The summed E-state index contributed by atoms with van der Waals surface area (Å²) in [4.78, 5) is 15.6. The molecule has 0 aliphatic heterocycles. The second kappa shape index (κ2) is 5.52. The van der Waals surface area contributed by atoms with Gasteiger partial charge in [0, 0.05) is 4.90 Å². The third kappa shape index (κ3) is 3.18. The van der Waals surface area contributed by atoms with Gasteiger partial charge in [-0.1, -0.05) is 23.9 Å². The number of aromatic nitrogens is 1. The van der Waals surface area contributed by atoms with Gasteiger partial charge in [0.05, 0.1) is 10.6 Å². The Kier molecular flexibility index (Phi) is 4.14. The highest BCUT2D eigenvalue weighted by Gasteiger charge is 2.18. The van der Waals surface area contributed by atoms with Crippen molar-refractivity contribution in [2.75, 3.05) is 0 Å². The van der Waals surface area contributed by atoms with E-state index in [2.05, 4.69) is 4.98 Å². The molecule has 1 aromatic carbocycles. The Bertz CT molecular complexity index is 768. The van der Waals surface area contributed by atoms with Gasteiger partial charge in [0.2, 0.25) is 10.0 Å². The van der Waals surface area contributed by atoms with Gasteiger partial charge < -0.3 is 5.11 Å². The number of carboxylic acid groups (broad SMARTS) is 1. The molecule has 2 aromatic rings. The molecule has 6 nitrogen and oxygen atoms in total. The summed E-state index contributed by atoms with van der Waals surface area (Å²) in [5.74, 6) is -1.05. The third-order valence-electron chi connectivity index (χ3n) is 2.32. The van der Waals surface area contributed by atoms with E-state index < -0.39 is 16.0 Å². The minimum Gasteiger partial charge on any atom is -0.477 e. The maximum atomic E-state index is 11.5. The van der Waals surface area contributed by atoms with Crippen molar-refractivity contribution >= 4 is 39.1 Å². The van der Waals surface area contributed by atoms with Crippen LogP contribution in [0, 0.1) is 6.92 Å². The summed E-state index contributed by atoms with van der Waals surface area (Å²) in [6.45, 7) is 1.59. The smallest absolute Gasteiger partial charge is 0.347 e. The second-order valence-electron chi connectivity index (χ2n) is 3.79. The number of aryl methyl sites for hydroxylation is 1. The number of sulfonamides is 1. The van der Waals surface area contributed by atoms with Crippen molar-refractivity contribution in [2.24, 2.45) is 5.14 Å². The van der Waals surface area contributed by atoms with Crippen LogP contribution in [0.5, 0.6) is 0 Å². The molecule has 0 unspecified atom stereocenters. The molecule has 0 fully saturated rings. The number of nitrogens with zero attached hydrogens (tertiary/aromatic N) is 1. The topological polar surface area (TPSA) is 110 Å². The Balaban J connectivity index is 2.41. The van der Waals surface area contributed by atoms with E-state index in [9.17, 15) is 13.2 Å². The summed E-state index contributed by atoms with van der Waals surface area (Å²) in [6, 6.07) is 6.24. The lowest BCUT2D eigenvalue weighted by Gasteiger charge is -2.04. The van der Waals surface area contributed by atoms with E-state index in [0.29, 0.717) is 14.9 Å². The Labute approximate surface area is 123 Å². The second-order valence-corrected chi connectivity index (χ2v) is 7.61. The summed E-state index contributed by atoms with van der Waals surface area (Å²) >= 11 is 2.08. The summed E-state index contributed by atoms with van der Waals surface area (Å²) < 4.78 is 23.4. The molecule has 2 rings (SSSR count). The Hall–Kier alpha value is -1.42. The van der Waals surface area contributed by atoms with Crippen molar-refractivity contribution < 1.29 is 18.3 Å². The minimum atomic E-state index is -3.83. The van der Waals surface area contributed by atoms with Gasteiger partial charge in [-0.3, -0.25) is 0 Å². The monoisotopic (exact) mass is 330 g/mol. The fraction of sp³-hybridized carbons (Fsp3) is 0.0909. The van der Waals surface area contributed by atoms with Gasteiger partial charge in [0.1, 0.15) is 4.88 Å². The van der Waals surface area contributed by atoms with Crippen molar-refractivity contribution in [3.05, 3.63) is 34.8 Å². The molecule has 0 atom stereocenters. The zero-order valence-corrected chi connectivity index (χ0v) is 12.7. The fourth-order valence-corrected chi connectivity index (χ4v) is 4.58. The van der Waals surface area contributed by atoms with Crippen LogP contribution >= 0.6 is 23.1 Å². The molecule has 0 aliphatic rings. The predicted octanol–water partition coefficient (Wildman–Crippen LogP) is 1.95. The van der Waals surface area contributed by atoms with Crippen LogP contribution in [0.3, 0.4) is 0 Å². The molecule has 0 bridgehead atoms. The number of hydrogen-bond acceptors (Lipinski definition) is 6. The first-order valence-corrected chi connectivity index (χ1v) is 8.47. The maximum Gasteiger partial charge on any atom is 0.347 e. The summed E-state index contributed by atoms with van der Waals surface area (Å²) in [5, 5.41) is 14.1. The lowest BCUT2D eigenvalue weighted by atomic mass is 10.4. The average molecular weight is 330 g/mol. The van der Waals surface area contributed by atoms with E-state index in [4.69, 9.17) is 10.2 Å². The van der Waals surface area contributed by atoms with Gasteiger partial charge in [-0.15, -0.1) is 11.3 Å². The first-order valence-electron chi connectivity index (χ1n) is 5.29. The molecule has 9 heteroatoms. The van der Waals surface area contributed by atoms with Crippen LogP contribution in [-0.4, -0.2) is 24.5 Å². The third-order valence-corrected chi connectivity index (χ3v) is 5.70. The average Bonchev–Trinajstić information content (AvgIpc) is 2.69. The predicted molar refractivity (Wildman–Crippen MR) is 75.7 cm³/mol. The van der Waals surface area contributed by atoms with Crippen LogP contribution < -0.4 is 5.14 Å². The van der Waals surface area contributed by atoms with Crippen molar-refractivity contribution in [1.82, 2.24) is 4.98 Å². The van der Waals surface area contributed by atoms with Gasteiger partial charge in [0.25, 0.3) is 0 Å². The Morgan fingerprint density at radius 3 is 2.60 bits per heavy atom. The highest BCUT2D eigenvalue weighted by Crippen LogP contribution is 2.35. The Morgan fingerprint density at radius 2 is 2.05 bits per heavy atom. The maximum absolute atomic E-state index is 11.5. The van der Waals surface area contributed by atoms with Gasteiger partial charge in [-0.25, -0.2) is 23.3 Å². The summed E-state index contributed by atoms with van der Waals surface area (Å²) in [6.07, 6.45) is 0. The number of hydrogen-bond donors (Lipinski definition) is 2. The van der Waals surface area contributed by atoms with Gasteiger partial charge in [-0.2, -0.15) is 0 Å². The molecule has 106 valence electrons. The van der Waals surface area contributed by atoms with Crippen molar-refractivity contribution in [2.45, 2.75) is 21.1 Å². The first-order chi connectivity index (χ1) is 9.29. The molecule has 0 aliphatic carbocycles. The van der Waals surface area contributed by atoms with Crippen LogP contribution in [0.4, 0.5) is 0 Å². The van der Waals surface area contributed by atoms with E-state index in [0.717, 1.165) is 23.1 Å². The van der Waals surface area contributed by atoms with E-state index in [1.165, 1.54) is 6.07 Å². The largest absolute Gasteiger partial charge is 0.477 e. The van der Waals surface area contributed by atoms with Crippen LogP contribution in [0.15, 0.2) is 38.4 Å². The van der Waals surface area contributed by atoms with Crippen molar-refractivity contribution in [1.29, 1.82) is 0 Å². The highest BCUT2D eigenvalue weighted by molar-refractivity contribution is 8.01. The molecule has 0 radical (unpaired) electrons. The van der Waals surface area contributed by atoms with Crippen LogP contribution in [0.25, 0.3) is 0 Å². The van der Waals surface area contributed by atoms with E-state index in [-0.39, 0.29) is 9.77 Å². The molecular weight excluding hydrogens is 320 g/mol. The number of aromatic carboxylic acids is 1. The van der Waals surface area contributed by atoms with Crippen LogP contribution in [0.1, 0.15) is 15.4 Å². The zero-order valence-electron chi connectivity index (χ0n) is 10.2. The number of thiazole rings is 1. The number of benzene rings is 1. The summed E-state index contributed by atoms with van der Waals surface area (Å²) in [7, 11) is -3.83. The number of carboxylic acids is 1. The quantitative estimate of drug-likeness (QED) is 0.886. The normalized spacial score (nSPS) is 11.5. The van der Waals surface area contributed by atoms with Gasteiger partial charge >= 0.3 is 5.97 Å². The molecule has 0 spiro atoms. The number of nitrogens with two attached hydrogens (primary N) is 1. The highest BCUT2D eigenvalue weighted by atomic mass is 32.2. The first kappa shape index (κ1) is 15.0. The molecule has 1 heterocycles. The lowest BCUT2D eigenvalue weighted by Crippen LogP contribution is -2.13. The SMILES string of the molecule is Cc1nc(Sc2ccccc2S(N)(=O)=O)sc1C(=O)O. The van der Waals surface area contributed by atoms with E-state index in [1.807, 2.05) is 0 Å². The standard InChI is InChI=1S/C11H10N2O4S3/c1-6-9(10(14)15)19-11(13-6)18-7-4-2-3-5-8(7)20(12,16)17/h2-5H,1H3,(H,14,15)(H2,12,16,17). The summed E-state index contributed by atoms with van der Waals surface area (Å²) in [5.41, 5.74) is 0.401. The molecular formula is C11H10N2O4S3. The molecule has 3 N–H and O–H groups in total. The lowest BCUT2D eigenvalue weighted by molar-refractivity contribution is 0.0701. The molecule has 1 aromatic heterocycles. The van der Waals surface area contributed by atoms with Gasteiger partial charge in [0.15, 0.2) is 4.34 Å². The van der Waals surface area contributed by atoms with E-state index in [1.54, 1.807) is 25.1 Å². The number of carbonyl (C=O) groups is 1. The zero-order chi connectivity index (χ0) is 14.9. The Morgan fingerprint density at radius 1 is 1.40 bits per heavy atom. The van der Waals surface area contributed by atoms with Crippen molar-refractivity contribution in [3.63, 3.8) is 0 Å². The number of primary sulfonamides is 1. The number of rotatable bonds is 4. The molecule has 20 heavy (non-hydrogen) atoms. The molecule has 0 amide bonds. The fourth-order valence-electron chi connectivity index (χ4n) is 1.48. The minimum absolute atomic E-state index is 0.00488. The molecule has 0 saturated heterocycles. The van der Waals surface area contributed by atoms with Crippen LogP contribution in [0.2, 0.25) is 0 Å². The van der Waals surface area contributed by atoms with Crippen LogP contribution in [-0.2, 0) is 10.0 Å². The van der Waals surface area contributed by atoms with Gasteiger partial charge in [-0.05, 0) is 19.1 Å². The van der Waals surface area contributed by atoms with E-state index >= 15 is 0 Å². The molecule has 0 saturated carbocycles. The van der Waals surface area contributed by atoms with Crippen molar-refractivity contribution in [3.8, 4) is 0 Å².